The zero-order valence-electron chi connectivity index (χ0n) is 26.7. The highest BCUT2D eigenvalue weighted by Crippen LogP contribution is 2.38. The normalized spacial score (nSPS) is 39.3. The Bertz CT molecular complexity index is 1240. The number of ether oxygens (including phenoxy) is 2. The zero-order chi connectivity index (χ0) is 33.1. The van der Waals surface area contributed by atoms with E-state index in [1.54, 1.807) is 0 Å². The molecule has 13 heteroatoms. The summed E-state index contributed by atoms with van der Waals surface area (Å²) in [6.45, 7) is 7.69. The topological polar surface area (TPSA) is 176 Å². The molecular formula is C33H50FN5O6S. The van der Waals surface area contributed by atoms with Crippen LogP contribution in [0.5, 0.6) is 0 Å². The minimum atomic E-state index is -1.51. The summed E-state index contributed by atoms with van der Waals surface area (Å²) < 4.78 is 25.9. The van der Waals surface area contributed by atoms with Gasteiger partial charge in [0.1, 0.15) is 41.7 Å². The van der Waals surface area contributed by atoms with Gasteiger partial charge >= 0.3 is 0 Å². The molecule has 1 amide bonds. The van der Waals surface area contributed by atoms with Crippen molar-refractivity contribution >= 4 is 23.4 Å². The Morgan fingerprint density at radius 2 is 1.93 bits per heavy atom. The van der Waals surface area contributed by atoms with E-state index >= 15 is 0 Å². The number of nitrogens with two attached hydrogens (primary N) is 2. The van der Waals surface area contributed by atoms with E-state index in [0.717, 1.165) is 19.3 Å². The van der Waals surface area contributed by atoms with Crippen LogP contribution in [0.15, 0.2) is 48.3 Å². The van der Waals surface area contributed by atoms with Crippen LogP contribution < -0.4 is 27.2 Å². The predicted molar refractivity (Wildman–Crippen MR) is 175 cm³/mol. The first-order chi connectivity index (χ1) is 21.9. The number of hydrazine groups is 1. The number of aliphatic hydroxyl groups excluding tert-OH is 3. The fraction of sp³-hybridized carbons (Fsp3) is 0.667. The Labute approximate surface area is 274 Å². The molecule has 46 heavy (non-hydrogen) atoms. The minimum absolute atomic E-state index is 0.237. The molecule has 12 atom stereocenters. The van der Waals surface area contributed by atoms with E-state index in [9.17, 15) is 24.5 Å². The van der Waals surface area contributed by atoms with Crippen LogP contribution in [-0.2, 0) is 14.3 Å². The van der Waals surface area contributed by atoms with Crippen molar-refractivity contribution in [3.05, 3.63) is 54.1 Å². The molecule has 1 aromatic carbocycles. The van der Waals surface area contributed by atoms with Crippen molar-refractivity contribution in [3.8, 4) is 0 Å². The van der Waals surface area contributed by atoms with E-state index in [1.165, 1.54) is 47.2 Å². The molecule has 0 saturated carbocycles. The lowest BCUT2D eigenvalue weighted by Crippen LogP contribution is -2.65. The van der Waals surface area contributed by atoms with Crippen LogP contribution in [0.4, 0.5) is 10.1 Å². The van der Waals surface area contributed by atoms with Gasteiger partial charge in [-0.25, -0.2) is 10.2 Å². The Morgan fingerprint density at radius 3 is 2.65 bits per heavy atom. The molecule has 2 bridgehead atoms. The van der Waals surface area contributed by atoms with E-state index in [1.807, 2.05) is 19.1 Å². The third kappa shape index (κ3) is 8.07. The van der Waals surface area contributed by atoms with Gasteiger partial charge in [-0.2, -0.15) is 0 Å². The number of carbonyl (C=O) groups is 1. The number of aliphatic hydroxyl groups is 3. The highest BCUT2D eigenvalue weighted by molar-refractivity contribution is 8.00. The second-order valence-corrected chi connectivity index (χ2v) is 14.9. The predicted octanol–water partition coefficient (Wildman–Crippen LogP) is 1.73. The van der Waals surface area contributed by atoms with Gasteiger partial charge in [-0.15, -0.1) is 11.8 Å². The maximum absolute atomic E-state index is 13.8. The van der Waals surface area contributed by atoms with Gasteiger partial charge in [0.25, 0.3) is 0 Å². The van der Waals surface area contributed by atoms with Crippen LogP contribution in [-0.4, -0.2) is 87.7 Å². The van der Waals surface area contributed by atoms with Crippen LogP contribution >= 0.6 is 11.8 Å². The molecule has 0 aromatic heterocycles. The fourth-order valence-corrected chi connectivity index (χ4v) is 8.50. The Hall–Kier alpha value is -2.23. The monoisotopic (exact) mass is 663 g/mol. The van der Waals surface area contributed by atoms with Gasteiger partial charge in [-0.3, -0.25) is 9.80 Å². The van der Waals surface area contributed by atoms with Crippen molar-refractivity contribution in [2.75, 3.05) is 18.2 Å². The van der Waals surface area contributed by atoms with Gasteiger partial charge < -0.3 is 41.2 Å². The molecule has 0 aliphatic carbocycles. The largest absolute Gasteiger partial charge is 0.400 e. The molecule has 5 rings (SSSR count). The molecule has 1 aromatic rings. The Balaban J connectivity index is 1.33. The van der Waals surface area contributed by atoms with Crippen molar-refractivity contribution in [2.24, 2.45) is 35.2 Å². The number of allylic oxidation sites excluding steroid dienone is 1. The molecule has 0 spiro atoms. The summed E-state index contributed by atoms with van der Waals surface area (Å²) >= 11 is 1.20. The summed E-state index contributed by atoms with van der Waals surface area (Å²) in [5, 5.41) is 40.4. The van der Waals surface area contributed by atoms with Crippen molar-refractivity contribution in [1.29, 1.82) is 0 Å². The van der Waals surface area contributed by atoms with Gasteiger partial charge in [0, 0.05) is 25.0 Å². The van der Waals surface area contributed by atoms with E-state index in [-0.39, 0.29) is 29.7 Å². The highest BCUT2D eigenvalue weighted by atomic mass is 32.2. The molecule has 3 saturated heterocycles. The molecule has 256 valence electrons. The molecule has 0 radical (unpaired) electrons. The Morgan fingerprint density at radius 1 is 1.20 bits per heavy atom. The van der Waals surface area contributed by atoms with Gasteiger partial charge in [0.2, 0.25) is 5.91 Å². The number of benzene rings is 1. The average Bonchev–Trinajstić information content (AvgIpc) is 3.30. The van der Waals surface area contributed by atoms with E-state index in [2.05, 4.69) is 24.5 Å². The summed E-state index contributed by atoms with van der Waals surface area (Å²) in [7, 11) is 0. The lowest BCUT2D eigenvalue weighted by Gasteiger charge is -2.46. The second-order valence-electron chi connectivity index (χ2n) is 13.6. The smallest absolute Gasteiger partial charge is 0.240 e. The molecule has 3 fully saturated rings. The number of nitrogens with one attached hydrogen (secondary N) is 2. The number of fused-ring (bicyclic) bond motifs is 3. The molecule has 4 aliphatic heterocycles. The van der Waals surface area contributed by atoms with Gasteiger partial charge in [0.15, 0.2) is 0 Å². The summed E-state index contributed by atoms with van der Waals surface area (Å²) in [4.78, 5) is 13.8. The third-order valence-corrected chi connectivity index (χ3v) is 11.1. The van der Waals surface area contributed by atoms with Crippen LogP contribution in [0.3, 0.4) is 0 Å². The summed E-state index contributed by atoms with van der Waals surface area (Å²) in [5.41, 5.74) is 6.41. The first kappa shape index (κ1) is 35.1. The first-order valence-electron chi connectivity index (χ1n) is 16.4. The lowest BCUT2D eigenvalue weighted by molar-refractivity contribution is -0.207. The van der Waals surface area contributed by atoms with Crippen LogP contribution in [0.2, 0.25) is 0 Å². The summed E-state index contributed by atoms with van der Waals surface area (Å²) in [5.74, 6) is 6.65. The van der Waals surface area contributed by atoms with E-state index in [0.29, 0.717) is 42.8 Å². The molecule has 9 N–H and O–H groups in total. The molecule has 4 aliphatic rings. The molecule has 4 heterocycles. The van der Waals surface area contributed by atoms with Crippen molar-refractivity contribution < 1.29 is 34.0 Å². The highest BCUT2D eigenvalue weighted by Gasteiger charge is 2.50. The van der Waals surface area contributed by atoms with Crippen LogP contribution in [0.25, 0.3) is 0 Å². The maximum atomic E-state index is 13.8. The SMILES string of the molecule is CC(C)C[C@@H]1CCO[C@@H]2[C@H](CN[C@@H]2C(=O)N[C@H]2C3OC(S[C@H](/C(N)=C/N(N)c4ccc(F)cc4)C/C=C\[C@H]2C)C(O)C(O)C3O)C1. The zero-order valence-corrected chi connectivity index (χ0v) is 27.6. The number of thioether (sulfide) groups is 1. The van der Waals surface area contributed by atoms with Crippen LogP contribution in [0, 0.1) is 29.5 Å². The summed E-state index contributed by atoms with van der Waals surface area (Å²) in [6, 6.07) is 4.39. The molecule has 5 unspecified atom stereocenters. The molecular weight excluding hydrogens is 613 g/mol. The number of amides is 1. The van der Waals surface area contributed by atoms with Crippen LogP contribution in [0.1, 0.15) is 46.5 Å². The number of carbonyl (C=O) groups excluding carboxylic acids is 1. The first-order valence-corrected chi connectivity index (χ1v) is 17.3. The van der Waals surface area contributed by atoms with Crippen molar-refractivity contribution in [3.63, 3.8) is 0 Å². The number of anilines is 1. The van der Waals surface area contributed by atoms with Crippen molar-refractivity contribution in [2.45, 2.75) is 99.7 Å². The lowest BCUT2D eigenvalue weighted by atomic mass is 9.85. The fourth-order valence-electron chi connectivity index (χ4n) is 7.22. The number of halogens is 1. The quantitative estimate of drug-likeness (QED) is 0.129. The maximum Gasteiger partial charge on any atom is 0.240 e. The second kappa shape index (κ2) is 15.3. The number of hydrogen-bond acceptors (Lipinski definition) is 11. The number of hydrogen-bond donors (Lipinski definition) is 7. The van der Waals surface area contributed by atoms with E-state index < -0.39 is 47.2 Å². The van der Waals surface area contributed by atoms with Gasteiger partial charge in [-0.05, 0) is 73.6 Å². The minimum Gasteiger partial charge on any atom is -0.400 e. The number of rotatable bonds is 7. The molecule has 11 nitrogen and oxygen atoms in total. The van der Waals surface area contributed by atoms with Crippen molar-refractivity contribution in [1.82, 2.24) is 10.6 Å². The summed E-state index contributed by atoms with van der Waals surface area (Å²) in [6.07, 6.45) is 3.34. The number of nitrogens with zero attached hydrogens (tertiary/aromatic N) is 1. The third-order valence-electron chi connectivity index (χ3n) is 9.66. The average molecular weight is 664 g/mol. The standard InChI is InChI=1S/C33H50FN5O6S/c1-17(2)13-19-11-12-44-30-20(14-19)15-37-26(30)32(43)38-25-18(3)5-4-6-24(46-33-29(42)27(40)28(41)31(25)45-33)23(35)16-39(36)22-9-7-21(34)8-10-22/h4-5,7-10,16-20,24-31,33,37,40-42H,6,11-15,35-36H2,1-3H3,(H,38,43)/b5-4-,23-16-/t18-,19+,20+,24+,25-,26+,27?,28?,29?,30-,31?,33?/m1/s1. The van der Waals surface area contributed by atoms with Gasteiger partial charge in [-0.1, -0.05) is 32.9 Å². The Kier molecular flexibility index (Phi) is 11.7. The van der Waals surface area contributed by atoms with Gasteiger partial charge in [0.05, 0.1) is 23.1 Å². The van der Waals surface area contributed by atoms with E-state index in [4.69, 9.17) is 21.1 Å².